The first-order valence-corrected chi connectivity index (χ1v) is 7.21. The minimum atomic E-state index is -0.0331. The molecule has 3 nitrogen and oxygen atoms in total. The molecular weight excluding hydrogens is 318 g/mol. The molecule has 0 spiro atoms. The largest absolute Gasteiger partial charge is 0.373 e. The van der Waals surface area contributed by atoms with Crippen molar-refractivity contribution in [3.63, 3.8) is 0 Å². The molecule has 5 heteroatoms. The van der Waals surface area contributed by atoms with Crippen molar-refractivity contribution < 1.29 is 9.53 Å². The third-order valence-electron chi connectivity index (χ3n) is 2.93. The Morgan fingerprint density at radius 1 is 1.44 bits per heavy atom. The SMILES string of the molecule is O=C(Cc1ccc(Br)cc1)N1CCOC(CCl)C1. The van der Waals surface area contributed by atoms with E-state index in [1.165, 1.54) is 0 Å². The van der Waals surface area contributed by atoms with Crippen molar-refractivity contribution in [1.29, 1.82) is 0 Å². The standard InChI is InChI=1S/C13H15BrClNO2/c14-11-3-1-10(2-4-11)7-13(17)16-5-6-18-12(8-15)9-16/h1-4,12H,5-9H2. The Kier molecular flexibility index (Phi) is 5.03. The van der Waals surface area contributed by atoms with E-state index in [0.717, 1.165) is 10.0 Å². The Morgan fingerprint density at radius 2 is 2.17 bits per heavy atom. The zero-order valence-electron chi connectivity index (χ0n) is 9.94. The topological polar surface area (TPSA) is 29.5 Å². The molecule has 1 aromatic carbocycles. The number of hydrogen-bond donors (Lipinski definition) is 0. The summed E-state index contributed by atoms with van der Waals surface area (Å²) in [5, 5.41) is 0. The first-order valence-electron chi connectivity index (χ1n) is 5.89. The number of hydrogen-bond acceptors (Lipinski definition) is 2. The van der Waals surface area contributed by atoms with Crippen LogP contribution in [0.1, 0.15) is 5.56 Å². The van der Waals surface area contributed by atoms with Crippen LogP contribution in [0, 0.1) is 0 Å². The van der Waals surface area contributed by atoms with Crippen LogP contribution in [0.4, 0.5) is 0 Å². The molecule has 0 aliphatic carbocycles. The molecule has 1 saturated heterocycles. The number of morpholine rings is 1. The molecule has 0 bridgehead atoms. The predicted molar refractivity (Wildman–Crippen MR) is 74.9 cm³/mol. The second-order valence-electron chi connectivity index (χ2n) is 4.29. The van der Waals surface area contributed by atoms with E-state index in [9.17, 15) is 4.79 Å². The lowest BCUT2D eigenvalue weighted by atomic mass is 10.1. The van der Waals surface area contributed by atoms with Gasteiger partial charge in [-0.25, -0.2) is 0 Å². The van der Waals surface area contributed by atoms with Gasteiger partial charge in [0.2, 0.25) is 5.91 Å². The summed E-state index contributed by atoms with van der Waals surface area (Å²) < 4.78 is 6.46. The third kappa shape index (κ3) is 3.70. The number of halogens is 2. The van der Waals surface area contributed by atoms with Crippen LogP contribution in [0.15, 0.2) is 28.7 Å². The van der Waals surface area contributed by atoms with Crippen molar-refractivity contribution in [2.24, 2.45) is 0 Å². The van der Waals surface area contributed by atoms with Gasteiger partial charge in [0, 0.05) is 17.6 Å². The fourth-order valence-electron chi connectivity index (χ4n) is 1.93. The van der Waals surface area contributed by atoms with Crippen molar-refractivity contribution >= 4 is 33.4 Å². The number of nitrogens with zero attached hydrogens (tertiary/aromatic N) is 1. The molecule has 1 unspecified atom stereocenters. The number of alkyl halides is 1. The summed E-state index contributed by atoms with van der Waals surface area (Å²) in [7, 11) is 0. The molecule has 1 aliphatic heterocycles. The minimum Gasteiger partial charge on any atom is -0.373 e. The second kappa shape index (κ2) is 6.55. The maximum absolute atomic E-state index is 12.1. The van der Waals surface area contributed by atoms with Crippen LogP contribution in [0.5, 0.6) is 0 Å². The fourth-order valence-corrected chi connectivity index (χ4v) is 2.38. The lowest BCUT2D eigenvalue weighted by Gasteiger charge is -2.32. The molecule has 0 radical (unpaired) electrons. The van der Waals surface area contributed by atoms with E-state index >= 15 is 0 Å². The first kappa shape index (κ1) is 13.8. The summed E-state index contributed by atoms with van der Waals surface area (Å²) in [4.78, 5) is 14.0. The van der Waals surface area contributed by atoms with Crippen LogP contribution in [0.3, 0.4) is 0 Å². The minimum absolute atomic E-state index is 0.0331. The summed E-state index contributed by atoms with van der Waals surface area (Å²) in [6.45, 7) is 1.82. The van der Waals surface area contributed by atoms with Crippen molar-refractivity contribution in [2.45, 2.75) is 12.5 Å². The smallest absolute Gasteiger partial charge is 0.227 e. The van der Waals surface area contributed by atoms with Gasteiger partial charge in [-0.05, 0) is 17.7 Å². The summed E-state index contributed by atoms with van der Waals surface area (Å²) in [5.74, 6) is 0.568. The van der Waals surface area contributed by atoms with Gasteiger partial charge in [0.1, 0.15) is 0 Å². The number of rotatable bonds is 3. The number of carbonyl (C=O) groups excluding carboxylic acids is 1. The number of benzene rings is 1. The average molecular weight is 333 g/mol. The average Bonchev–Trinajstić information content (AvgIpc) is 2.41. The maximum Gasteiger partial charge on any atom is 0.227 e. The fraction of sp³-hybridized carbons (Fsp3) is 0.462. The van der Waals surface area contributed by atoms with Gasteiger partial charge in [-0.15, -0.1) is 11.6 Å². The van der Waals surface area contributed by atoms with Gasteiger partial charge in [-0.1, -0.05) is 28.1 Å². The lowest BCUT2D eigenvalue weighted by Crippen LogP contribution is -2.46. The molecule has 0 saturated carbocycles. The summed E-state index contributed by atoms with van der Waals surface area (Å²) in [6.07, 6.45) is 0.400. The highest BCUT2D eigenvalue weighted by molar-refractivity contribution is 9.10. The first-order chi connectivity index (χ1) is 8.69. The zero-order valence-corrected chi connectivity index (χ0v) is 12.3. The maximum atomic E-state index is 12.1. The van der Waals surface area contributed by atoms with Crippen molar-refractivity contribution in [3.8, 4) is 0 Å². The third-order valence-corrected chi connectivity index (χ3v) is 3.81. The van der Waals surface area contributed by atoms with Gasteiger partial charge in [-0.2, -0.15) is 0 Å². The van der Waals surface area contributed by atoms with E-state index in [0.29, 0.717) is 32.0 Å². The van der Waals surface area contributed by atoms with E-state index in [-0.39, 0.29) is 12.0 Å². The molecule has 1 amide bonds. The highest BCUT2D eigenvalue weighted by Gasteiger charge is 2.23. The van der Waals surface area contributed by atoms with E-state index in [1.807, 2.05) is 29.2 Å². The monoisotopic (exact) mass is 331 g/mol. The van der Waals surface area contributed by atoms with Gasteiger partial charge in [0.25, 0.3) is 0 Å². The zero-order chi connectivity index (χ0) is 13.0. The molecule has 1 aromatic rings. The van der Waals surface area contributed by atoms with Gasteiger partial charge in [0.05, 0.1) is 25.0 Å². The van der Waals surface area contributed by atoms with Gasteiger partial charge in [0.15, 0.2) is 0 Å². The van der Waals surface area contributed by atoms with E-state index in [1.54, 1.807) is 0 Å². The molecule has 1 atom stereocenters. The van der Waals surface area contributed by atoms with Gasteiger partial charge < -0.3 is 9.64 Å². The summed E-state index contributed by atoms with van der Waals surface area (Å²) >= 11 is 9.14. The molecule has 1 fully saturated rings. The Labute approximate surface area is 120 Å². The predicted octanol–water partition coefficient (Wildman–Crippen LogP) is 2.46. The molecule has 0 aromatic heterocycles. The molecule has 1 heterocycles. The van der Waals surface area contributed by atoms with E-state index in [4.69, 9.17) is 16.3 Å². The van der Waals surface area contributed by atoms with Gasteiger partial charge >= 0.3 is 0 Å². The Morgan fingerprint density at radius 3 is 2.83 bits per heavy atom. The Bertz CT molecular complexity index is 410. The van der Waals surface area contributed by atoms with E-state index in [2.05, 4.69) is 15.9 Å². The number of carbonyl (C=O) groups is 1. The Hall–Kier alpha value is -0.580. The normalized spacial score (nSPS) is 19.9. The summed E-state index contributed by atoms with van der Waals surface area (Å²) in [5.41, 5.74) is 1.03. The number of ether oxygens (including phenoxy) is 1. The molecule has 0 N–H and O–H groups in total. The van der Waals surface area contributed by atoms with E-state index < -0.39 is 0 Å². The molecule has 2 rings (SSSR count). The molecule has 18 heavy (non-hydrogen) atoms. The lowest BCUT2D eigenvalue weighted by molar-refractivity contribution is -0.137. The molecule has 1 aliphatic rings. The van der Waals surface area contributed by atoms with Crippen molar-refractivity contribution in [1.82, 2.24) is 4.90 Å². The quantitative estimate of drug-likeness (QED) is 0.796. The van der Waals surface area contributed by atoms with Crippen molar-refractivity contribution in [3.05, 3.63) is 34.3 Å². The van der Waals surface area contributed by atoms with Crippen LogP contribution in [0.25, 0.3) is 0 Å². The Balaban J connectivity index is 1.93. The van der Waals surface area contributed by atoms with Crippen molar-refractivity contribution in [2.75, 3.05) is 25.6 Å². The van der Waals surface area contributed by atoms with Crippen LogP contribution in [-0.4, -0.2) is 42.5 Å². The summed E-state index contributed by atoms with van der Waals surface area (Å²) in [6, 6.07) is 7.82. The highest BCUT2D eigenvalue weighted by Crippen LogP contribution is 2.13. The van der Waals surface area contributed by atoms with Crippen LogP contribution in [0.2, 0.25) is 0 Å². The molecule has 98 valence electrons. The van der Waals surface area contributed by atoms with Crippen LogP contribution in [-0.2, 0) is 16.0 Å². The van der Waals surface area contributed by atoms with Crippen LogP contribution >= 0.6 is 27.5 Å². The van der Waals surface area contributed by atoms with Gasteiger partial charge in [-0.3, -0.25) is 4.79 Å². The second-order valence-corrected chi connectivity index (χ2v) is 5.51. The molecular formula is C13H15BrClNO2. The highest BCUT2D eigenvalue weighted by atomic mass is 79.9. The number of amides is 1. The van der Waals surface area contributed by atoms with Crippen LogP contribution < -0.4 is 0 Å².